The molecule has 13 heteroatoms. The van der Waals surface area contributed by atoms with Gasteiger partial charge in [0.05, 0.1) is 4.92 Å². The van der Waals surface area contributed by atoms with Crippen LogP contribution in [0.25, 0.3) is 0 Å². The standard InChI is InChI=1S/C13H9F7N4O2/c1-6-4-7(2-3-8(6)24(25)26)5-9-21-10(22-23(9)11(14)15)12(16,17)13(18,19)20/h2-4,11H,5H2,1H3. The van der Waals surface area contributed by atoms with E-state index in [1.54, 1.807) is 0 Å². The molecule has 0 atom stereocenters. The monoisotopic (exact) mass is 386 g/mol. The van der Waals surface area contributed by atoms with Gasteiger partial charge in [0.15, 0.2) is 0 Å². The van der Waals surface area contributed by atoms with Gasteiger partial charge in [-0.1, -0.05) is 6.07 Å². The second-order valence-corrected chi connectivity index (χ2v) is 5.20. The normalized spacial score (nSPS) is 12.7. The predicted molar refractivity (Wildman–Crippen MR) is 71.9 cm³/mol. The summed E-state index contributed by atoms with van der Waals surface area (Å²) in [6.45, 7) is -2.16. The Labute approximate surface area is 140 Å². The molecule has 26 heavy (non-hydrogen) atoms. The fraction of sp³-hybridized carbons (Fsp3) is 0.385. The van der Waals surface area contributed by atoms with Crippen molar-refractivity contribution in [3.63, 3.8) is 0 Å². The van der Waals surface area contributed by atoms with Crippen molar-refractivity contribution in [3.05, 3.63) is 51.1 Å². The molecule has 0 amide bonds. The minimum Gasteiger partial charge on any atom is -0.258 e. The van der Waals surface area contributed by atoms with Crippen LogP contribution in [-0.2, 0) is 12.3 Å². The van der Waals surface area contributed by atoms with Gasteiger partial charge < -0.3 is 0 Å². The summed E-state index contributed by atoms with van der Waals surface area (Å²) >= 11 is 0. The average molecular weight is 386 g/mol. The van der Waals surface area contributed by atoms with Crippen molar-refractivity contribution in [2.45, 2.75) is 32.0 Å². The highest BCUT2D eigenvalue weighted by atomic mass is 19.4. The molecule has 0 saturated heterocycles. The molecule has 0 bridgehead atoms. The predicted octanol–water partition coefficient (Wildman–Crippen LogP) is 4.13. The quantitative estimate of drug-likeness (QED) is 0.440. The van der Waals surface area contributed by atoms with Gasteiger partial charge in [-0.3, -0.25) is 10.1 Å². The number of aromatic nitrogens is 3. The first kappa shape index (κ1) is 19.6. The summed E-state index contributed by atoms with van der Waals surface area (Å²) in [5, 5.41) is 13.3. The lowest BCUT2D eigenvalue weighted by Crippen LogP contribution is -2.35. The van der Waals surface area contributed by atoms with Gasteiger partial charge in [0, 0.05) is 18.1 Å². The second kappa shape index (κ2) is 6.53. The lowest BCUT2D eigenvalue weighted by Gasteiger charge is -2.15. The van der Waals surface area contributed by atoms with E-state index in [1.165, 1.54) is 13.0 Å². The summed E-state index contributed by atoms with van der Waals surface area (Å²) in [7, 11) is 0. The van der Waals surface area contributed by atoms with Gasteiger partial charge in [0.2, 0.25) is 5.82 Å². The first-order valence-electron chi connectivity index (χ1n) is 6.77. The molecule has 0 spiro atoms. The molecule has 0 radical (unpaired) electrons. The van der Waals surface area contributed by atoms with Crippen LogP contribution in [0.1, 0.15) is 29.3 Å². The van der Waals surface area contributed by atoms with E-state index in [0.29, 0.717) is 0 Å². The molecular weight excluding hydrogens is 377 g/mol. The average Bonchev–Trinajstić information content (AvgIpc) is 2.90. The highest BCUT2D eigenvalue weighted by Crippen LogP contribution is 2.42. The van der Waals surface area contributed by atoms with E-state index in [4.69, 9.17) is 0 Å². The minimum atomic E-state index is -6.05. The Morgan fingerprint density at radius 3 is 2.31 bits per heavy atom. The number of nitrogens with zero attached hydrogens (tertiary/aromatic N) is 4. The molecule has 0 saturated carbocycles. The Morgan fingerprint density at radius 1 is 1.23 bits per heavy atom. The van der Waals surface area contributed by atoms with E-state index in [0.717, 1.165) is 12.1 Å². The Kier molecular flexibility index (Phi) is 4.92. The van der Waals surface area contributed by atoms with Gasteiger partial charge in [-0.2, -0.15) is 35.4 Å². The number of benzene rings is 1. The smallest absolute Gasteiger partial charge is 0.258 e. The third-order valence-corrected chi connectivity index (χ3v) is 3.34. The molecular formula is C13H9F7N4O2. The number of nitro groups is 1. The molecule has 142 valence electrons. The molecule has 1 aromatic heterocycles. The molecule has 1 heterocycles. The van der Waals surface area contributed by atoms with Crippen LogP contribution in [0.4, 0.5) is 36.4 Å². The summed E-state index contributed by atoms with van der Waals surface area (Å²) in [4.78, 5) is 13.0. The Balaban J connectivity index is 2.44. The van der Waals surface area contributed by atoms with Crippen LogP contribution >= 0.6 is 0 Å². The maximum absolute atomic E-state index is 13.3. The number of alkyl halides is 7. The SMILES string of the molecule is Cc1cc(Cc2nc(C(F)(F)C(F)(F)F)nn2C(F)F)ccc1[N+](=O)[O-]. The second-order valence-electron chi connectivity index (χ2n) is 5.20. The van der Waals surface area contributed by atoms with Crippen molar-refractivity contribution < 1.29 is 35.7 Å². The molecule has 1 aromatic carbocycles. The van der Waals surface area contributed by atoms with E-state index in [9.17, 15) is 40.8 Å². The van der Waals surface area contributed by atoms with Gasteiger partial charge in [0.1, 0.15) is 5.82 Å². The fourth-order valence-electron chi connectivity index (χ4n) is 2.11. The molecule has 6 nitrogen and oxygen atoms in total. The van der Waals surface area contributed by atoms with Gasteiger partial charge in [-0.25, -0.2) is 4.98 Å². The first-order chi connectivity index (χ1) is 11.8. The molecule has 0 N–H and O–H groups in total. The number of halogens is 7. The summed E-state index contributed by atoms with van der Waals surface area (Å²) in [6, 6.07) is 3.42. The van der Waals surface area contributed by atoms with E-state index in [1.807, 2.05) is 0 Å². The zero-order valence-electron chi connectivity index (χ0n) is 12.8. The fourth-order valence-corrected chi connectivity index (χ4v) is 2.11. The molecule has 0 unspecified atom stereocenters. The molecule has 0 aliphatic heterocycles. The number of aryl methyl sites for hydroxylation is 1. The van der Waals surface area contributed by atoms with Gasteiger partial charge in [-0.05, 0) is 18.6 Å². The summed E-state index contributed by atoms with van der Waals surface area (Å²) < 4.78 is 89.2. The molecule has 0 aliphatic carbocycles. The summed E-state index contributed by atoms with van der Waals surface area (Å²) in [5.41, 5.74) is 0.0223. The van der Waals surface area contributed by atoms with Crippen LogP contribution in [0.2, 0.25) is 0 Å². The van der Waals surface area contributed by atoms with Gasteiger partial charge in [-0.15, -0.1) is 5.10 Å². The van der Waals surface area contributed by atoms with E-state index in [-0.39, 0.29) is 21.5 Å². The lowest BCUT2D eigenvalue weighted by atomic mass is 10.1. The summed E-state index contributed by atoms with van der Waals surface area (Å²) in [6.07, 6.45) is -6.63. The van der Waals surface area contributed by atoms with Crippen LogP contribution in [0.5, 0.6) is 0 Å². The number of rotatable bonds is 5. The summed E-state index contributed by atoms with van der Waals surface area (Å²) in [5.74, 6) is -8.45. The van der Waals surface area contributed by atoms with E-state index < -0.39 is 41.6 Å². The van der Waals surface area contributed by atoms with Gasteiger partial charge >= 0.3 is 18.6 Å². The van der Waals surface area contributed by atoms with Crippen molar-refractivity contribution in [1.29, 1.82) is 0 Å². The van der Waals surface area contributed by atoms with Crippen molar-refractivity contribution in [3.8, 4) is 0 Å². The van der Waals surface area contributed by atoms with Crippen LogP contribution in [0.3, 0.4) is 0 Å². The third-order valence-electron chi connectivity index (χ3n) is 3.34. The number of hydrogen-bond acceptors (Lipinski definition) is 4. The highest BCUT2D eigenvalue weighted by molar-refractivity contribution is 5.42. The Bertz CT molecular complexity index is 832. The van der Waals surface area contributed by atoms with Gasteiger partial charge in [0.25, 0.3) is 5.69 Å². The molecule has 2 aromatic rings. The third kappa shape index (κ3) is 3.60. The van der Waals surface area contributed by atoms with Crippen LogP contribution in [-0.4, -0.2) is 25.9 Å². The maximum atomic E-state index is 13.3. The zero-order chi connectivity index (χ0) is 19.9. The molecule has 2 rings (SSSR count). The van der Waals surface area contributed by atoms with Crippen LogP contribution in [0, 0.1) is 17.0 Å². The molecule has 0 fully saturated rings. The zero-order valence-corrected chi connectivity index (χ0v) is 12.8. The number of nitro benzene ring substituents is 1. The van der Waals surface area contributed by atoms with Crippen molar-refractivity contribution in [2.75, 3.05) is 0 Å². The maximum Gasteiger partial charge on any atom is 0.461 e. The number of hydrogen-bond donors (Lipinski definition) is 0. The van der Waals surface area contributed by atoms with Crippen molar-refractivity contribution in [2.24, 2.45) is 0 Å². The van der Waals surface area contributed by atoms with E-state index >= 15 is 0 Å². The minimum absolute atomic E-state index is 0.143. The van der Waals surface area contributed by atoms with Crippen molar-refractivity contribution in [1.82, 2.24) is 14.8 Å². The van der Waals surface area contributed by atoms with Crippen LogP contribution in [0.15, 0.2) is 18.2 Å². The van der Waals surface area contributed by atoms with E-state index in [2.05, 4.69) is 10.1 Å². The first-order valence-corrected chi connectivity index (χ1v) is 6.77. The van der Waals surface area contributed by atoms with Crippen molar-refractivity contribution >= 4 is 5.69 Å². The Hall–Kier alpha value is -2.73. The molecule has 0 aliphatic rings. The largest absolute Gasteiger partial charge is 0.461 e. The van der Waals surface area contributed by atoms with Crippen LogP contribution < -0.4 is 0 Å². The highest BCUT2D eigenvalue weighted by Gasteiger charge is 2.62. The topological polar surface area (TPSA) is 73.8 Å². The lowest BCUT2D eigenvalue weighted by molar-refractivity contribution is -0.385. The Morgan fingerprint density at radius 2 is 1.85 bits per heavy atom.